The number of benzene rings is 1. The Morgan fingerprint density at radius 2 is 1.94 bits per heavy atom. The van der Waals surface area contributed by atoms with E-state index in [0.717, 1.165) is 18.2 Å². The van der Waals surface area contributed by atoms with Gasteiger partial charge >= 0.3 is 0 Å². The number of nitrogen functional groups attached to an aromatic ring is 1. The number of sulfone groups is 1. The lowest BCUT2D eigenvalue weighted by Crippen LogP contribution is -2.18. The normalized spacial score (nSPS) is 12.4. The van der Waals surface area contributed by atoms with Gasteiger partial charge in [0.25, 0.3) is 7.71 Å². The molecule has 0 bridgehead atoms. The second kappa shape index (κ2) is 4.71. The summed E-state index contributed by atoms with van der Waals surface area (Å²) in [4.78, 5) is 9.54. The Kier molecular flexibility index (Phi) is 4.07. The number of nitro benzene ring substituents is 1. The van der Waals surface area contributed by atoms with E-state index in [2.05, 4.69) is 31.9 Å². The van der Waals surface area contributed by atoms with E-state index in [-0.39, 0.29) is 10.6 Å². The molecule has 0 spiro atoms. The molecule has 17 heavy (non-hydrogen) atoms. The van der Waals surface area contributed by atoms with Gasteiger partial charge in [-0.05, 0) is 44.0 Å². The molecule has 0 aliphatic rings. The molecule has 0 amide bonds. The minimum absolute atomic E-state index is 0.127. The summed E-state index contributed by atoms with van der Waals surface area (Å²) in [6.45, 7) is 0. The molecule has 2 N–H and O–H groups in total. The van der Waals surface area contributed by atoms with Crippen molar-refractivity contribution in [2.24, 2.45) is 0 Å². The SMILES string of the molecule is Nc1ccc(S(=O)(=O)C(Cl)(Br)Br)cc1[N+](=O)[O-]. The monoisotopic (exact) mass is 406 g/mol. The molecule has 0 heterocycles. The highest BCUT2D eigenvalue weighted by Crippen LogP contribution is 2.42. The highest BCUT2D eigenvalue weighted by molar-refractivity contribution is 9.28. The molecule has 0 aliphatic heterocycles. The fourth-order valence-corrected chi connectivity index (χ4v) is 3.15. The van der Waals surface area contributed by atoms with Crippen LogP contribution >= 0.6 is 43.5 Å². The van der Waals surface area contributed by atoms with Crippen LogP contribution in [0.5, 0.6) is 0 Å². The summed E-state index contributed by atoms with van der Waals surface area (Å²) in [6, 6.07) is 3.12. The van der Waals surface area contributed by atoms with Gasteiger partial charge in [0, 0.05) is 6.07 Å². The van der Waals surface area contributed by atoms with Crippen molar-refractivity contribution in [3.63, 3.8) is 0 Å². The summed E-state index contributed by atoms with van der Waals surface area (Å²) in [5.41, 5.74) is 4.73. The molecule has 0 saturated heterocycles. The zero-order valence-corrected chi connectivity index (χ0v) is 12.7. The lowest BCUT2D eigenvalue weighted by Gasteiger charge is -2.13. The molecule has 6 nitrogen and oxygen atoms in total. The maximum Gasteiger partial charge on any atom is 0.293 e. The summed E-state index contributed by atoms with van der Waals surface area (Å²) in [7, 11) is -4.01. The second-order valence-corrected chi connectivity index (χ2v) is 11.2. The Bertz CT molecular complexity index is 570. The van der Waals surface area contributed by atoms with Crippen LogP contribution in [0.15, 0.2) is 23.1 Å². The van der Waals surface area contributed by atoms with Crippen LogP contribution in [0.1, 0.15) is 0 Å². The molecule has 94 valence electrons. The Morgan fingerprint density at radius 1 is 1.41 bits per heavy atom. The van der Waals surface area contributed by atoms with Crippen LogP contribution in [0.2, 0.25) is 0 Å². The van der Waals surface area contributed by atoms with Gasteiger partial charge in [0.15, 0.2) is 0 Å². The molecule has 0 saturated carbocycles. The zero-order valence-electron chi connectivity index (χ0n) is 7.93. The van der Waals surface area contributed by atoms with Crippen LogP contribution in [0.3, 0.4) is 0 Å². The minimum atomic E-state index is -4.01. The van der Waals surface area contributed by atoms with E-state index in [1.54, 1.807) is 0 Å². The van der Waals surface area contributed by atoms with Gasteiger partial charge in [-0.25, -0.2) is 8.42 Å². The molecule has 0 atom stereocenters. The van der Waals surface area contributed by atoms with E-state index in [1.165, 1.54) is 0 Å². The summed E-state index contributed by atoms with van der Waals surface area (Å²) >= 11 is 11.0. The van der Waals surface area contributed by atoms with E-state index >= 15 is 0 Å². The van der Waals surface area contributed by atoms with Gasteiger partial charge in [-0.2, -0.15) is 0 Å². The van der Waals surface area contributed by atoms with Gasteiger partial charge in [0.1, 0.15) is 5.69 Å². The maximum atomic E-state index is 11.9. The predicted octanol–water partition coefficient (Wildman–Crippen LogP) is 2.59. The number of anilines is 1. The number of nitro groups is 1. The summed E-state index contributed by atoms with van der Waals surface area (Å²) in [5.74, 6) is 0. The molecule has 10 heteroatoms. The van der Waals surface area contributed by atoms with Crippen molar-refractivity contribution in [2.45, 2.75) is 6.92 Å². The molecule has 0 radical (unpaired) electrons. The highest BCUT2D eigenvalue weighted by Gasteiger charge is 2.38. The first-order valence-corrected chi connectivity index (χ1v) is 7.37. The van der Waals surface area contributed by atoms with E-state index < -0.39 is 22.5 Å². The van der Waals surface area contributed by atoms with Crippen molar-refractivity contribution in [3.8, 4) is 0 Å². The third-order valence-electron chi connectivity index (χ3n) is 1.81. The van der Waals surface area contributed by atoms with Gasteiger partial charge < -0.3 is 5.73 Å². The fraction of sp³-hybridized carbons (Fsp3) is 0.143. The average Bonchev–Trinajstić information content (AvgIpc) is 2.15. The van der Waals surface area contributed by atoms with Crippen molar-refractivity contribution in [3.05, 3.63) is 28.3 Å². The minimum Gasteiger partial charge on any atom is -0.393 e. The van der Waals surface area contributed by atoms with Crippen LogP contribution in [0, 0.1) is 10.1 Å². The molecule has 0 fully saturated rings. The van der Waals surface area contributed by atoms with Gasteiger partial charge in [-0.3, -0.25) is 10.1 Å². The molecular weight excluding hydrogens is 403 g/mol. The van der Waals surface area contributed by atoms with E-state index in [0.29, 0.717) is 0 Å². The molecule has 1 rings (SSSR count). The van der Waals surface area contributed by atoms with Gasteiger partial charge in [-0.15, -0.1) is 0 Å². The number of alkyl halides is 3. The van der Waals surface area contributed by atoms with Gasteiger partial charge in [-0.1, -0.05) is 11.6 Å². The van der Waals surface area contributed by atoms with Crippen molar-refractivity contribution < 1.29 is 13.3 Å². The molecule has 0 aliphatic carbocycles. The van der Waals surface area contributed by atoms with Crippen LogP contribution in [-0.2, 0) is 9.84 Å². The Hall–Kier alpha value is -0.380. The first-order valence-electron chi connectivity index (χ1n) is 3.92. The van der Waals surface area contributed by atoms with E-state index in [1.807, 2.05) is 0 Å². The Labute approximate surface area is 118 Å². The summed E-state index contributed by atoms with van der Waals surface area (Å²) < 4.78 is 21.8. The zero-order chi connectivity index (χ0) is 13.4. The first kappa shape index (κ1) is 14.7. The third kappa shape index (κ3) is 2.90. The fourth-order valence-electron chi connectivity index (χ4n) is 0.982. The number of hydrogen-bond acceptors (Lipinski definition) is 5. The molecule has 0 unspecified atom stereocenters. The average molecular weight is 408 g/mol. The van der Waals surface area contributed by atoms with Crippen LogP contribution in [0.25, 0.3) is 0 Å². The summed E-state index contributed by atoms with van der Waals surface area (Å²) in [6.07, 6.45) is 0. The largest absolute Gasteiger partial charge is 0.393 e. The smallest absolute Gasteiger partial charge is 0.293 e. The topological polar surface area (TPSA) is 103 Å². The Balaban J connectivity index is 3.46. The van der Waals surface area contributed by atoms with Crippen molar-refractivity contribution in [1.29, 1.82) is 0 Å². The third-order valence-corrected chi connectivity index (χ3v) is 6.46. The van der Waals surface area contributed by atoms with Crippen molar-refractivity contribution >= 4 is 64.7 Å². The first-order chi connectivity index (χ1) is 7.57. The maximum absolute atomic E-state index is 11.9. The molecule has 1 aromatic rings. The van der Waals surface area contributed by atoms with E-state index in [9.17, 15) is 18.5 Å². The molecule has 0 aromatic heterocycles. The lowest BCUT2D eigenvalue weighted by molar-refractivity contribution is -0.384. The number of hydrogen-bond donors (Lipinski definition) is 1. The molecular formula is C7H5Br2ClN2O4S. The second-order valence-electron chi connectivity index (χ2n) is 2.93. The van der Waals surface area contributed by atoms with E-state index in [4.69, 9.17) is 17.3 Å². The van der Waals surface area contributed by atoms with Crippen molar-refractivity contribution in [1.82, 2.24) is 0 Å². The highest BCUT2D eigenvalue weighted by atomic mass is 79.9. The number of halogens is 3. The quantitative estimate of drug-likeness (QED) is 0.358. The number of rotatable bonds is 3. The standard InChI is InChI=1S/C7H5Br2ClN2O4S/c8-7(9,10)17(15,16)4-1-2-5(11)6(3-4)12(13)14/h1-3H,11H2. The van der Waals surface area contributed by atoms with Crippen LogP contribution < -0.4 is 5.73 Å². The number of nitrogens with zero attached hydrogens (tertiary/aromatic N) is 1. The lowest BCUT2D eigenvalue weighted by atomic mass is 10.3. The van der Waals surface area contributed by atoms with Gasteiger partial charge in [0.2, 0.25) is 9.84 Å². The van der Waals surface area contributed by atoms with Crippen molar-refractivity contribution in [2.75, 3.05) is 5.73 Å². The Morgan fingerprint density at radius 3 is 2.35 bits per heavy atom. The predicted molar refractivity (Wildman–Crippen MR) is 71.1 cm³/mol. The van der Waals surface area contributed by atoms with Crippen LogP contribution in [-0.4, -0.2) is 15.4 Å². The molecule has 1 aromatic carbocycles. The summed E-state index contributed by atoms with van der Waals surface area (Å²) in [5, 5.41) is 10.6. The van der Waals surface area contributed by atoms with Gasteiger partial charge in [0.05, 0.1) is 9.82 Å². The number of nitrogens with two attached hydrogens (primary N) is 1. The van der Waals surface area contributed by atoms with Crippen LogP contribution in [0.4, 0.5) is 11.4 Å².